The Labute approximate surface area is 122 Å². The van der Waals surface area contributed by atoms with E-state index in [-0.39, 0.29) is 18.6 Å². The highest BCUT2D eigenvalue weighted by atomic mass is 19.4. The maximum atomic E-state index is 12.3. The number of ether oxygens (including phenoxy) is 1. The van der Waals surface area contributed by atoms with Crippen molar-refractivity contribution in [1.82, 2.24) is 0 Å². The van der Waals surface area contributed by atoms with E-state index in [1.165, 1.54) is 32.1 Å². The molecule has 0 saturated heterocycles. The maximum Gasteiger partial charge on any atom is 0.389 e. The van der Waals surface area contributed by atoms with Crippen molar-refractivity contribution in [3.8, 4) is 0 Å². The fourth-order valence-electron chi connectivity index (χ4n) is 2.32. The minimum absolute atomic E-state index is 0.00205. The third kappa shape index (κ3) is 14.2. The van der Waals surface area contributed by atoms with E-state index in [1.807, 2.05) is 13.8 Å². The predicted molar refractivity (Wildman–Crippen MR) is 77.9 cm³/mol. The van der Waals surface area contributed by atoms with Crippen LogP contribution in [0, 0.1) is 0 Å². The van der Waals surface area contributed by atoms with Crippen LogP contribution in [0.1, 0.15) is 85.0 Å². The van der Waals surface area contributed by atoms with Gasteiger partial charge in [0.25, 0.3) is 0 Å². The second kappa shape index (κ2) is 11.4. The molecular formula is C16H31F3O. The molecule has 0 aliphatic rings. The third-order valence-electron chi connectivity index (χ3n) is 3.34. The lowest BCUT2D eigenvalue weighted by Crippen LogP contribution is -2.21. The fraction of sp³-hybridized carbons (Fsp3) is 1.00. The quantitative estimate of drug-likeness (QED) is 0.386. The summed E-state index contributed by atoms with van der Waals surface area (Å²) in [5.74, 6) is 0. The molecule has 0 spiro atoms. The van der Waals surface area contributed by atoms with Crippen LogP contribution in [0.25, 0.3) is 0 Å². The van der Waals surface area contributed by atoms with Crippen LogP contribution in [0.4, 0.5) is 13.2 Å². The number of unbranched alkanes of at least 4 members (excludes halogenated alkanes) is 6. The molecule has 122 valence electrons. The van der Waals surface area contributed by atoms with Gasteiger partial charge in [0.2, 0.25) is 0 Å². The van der Waals surface area contributed by atoms with Crippen LogP contribution in [0.2, 0.25) is 0 Å². The Kier molecular flexibility index (Phi) is 11.3. The number of hydrogen-bond donors (Lipinski definition) is 0. The van der Waals surface area contributed by atoms with Gasteiger partial charge in [-0.25, -0.2) is 0 Å². The normalized spacial score (nSPS) is 13.9. The van der Waals surface area contributed by atoms with E-state index in [0.29, 0.717) is 0 Å². The second-order valence-electron chi connectivity index (χ2n) is 5.87. The third-order valence-corrected chi connectivity index (χ3v) is 3.34. The molecule has 0 aromatic rings. The lowest BCUT2D eigenvalue weighted by Gasteiger charge is -2.21. The van der Waals surface area contributed by atoms with Crippen LogP contribution in [0.5, 0.6) is 0 Å². The number of alkyl halides is 3. The van der Waals surface area contributed by atoms with Gasteiger partial charge in [0.1, 0.15) is 0 Å². The first-order chi connectivity index (χ1) is 9.35. The molecule has 0 amide bonds. The van der Waals surface area contributed by atoms with E-state index >= 15 is 0 Å². The van der Waals surface area contributed by atoms with Crippen molar-refractivity contribution in [1.29, 1.82) is 0 Å². The Bertz CT molecular complexity index is 214. The molecule has 20 heavy (non-hydrogen) atoms. The standard InChI is InChI=1S/C16H31F3O/c1-4-5-6-7-8-9-10-11-15(20-14(2)3)12-13-16(17,18)19/h14-15H,4-13H2,1-3H3. The van der Waals surface area contributed by atoms with Gasteiger partial charge in [-0.15, -0.1) is 0 Å². The summed E-state index contributed by atoms with van der Waals surface area (Å²) in [6.45, 7) is 5.95. The van der Waals surface area contributed by atoms with E-state index in [9.17, 15) is 13.2 Å². The highest BCUT2D eigenvalue weighted by molar-refractivity contribution is 4.64. The van der Waals surface area contributed by atoms with Gasteiger partial charge in [-0.3, -0.25) is 0 Å². The molecular weight excluding hydrogens is 265 g/mol. The SMILES string of the molecule is CCCCCCCCCC(CCC(F)(F)F)OC(C)C. The Morgan fingerprint density at radius 1 is 0.850 bits per heavy atom. The van der Waals surface area contributed by atoms with Crippen molar-refractivity contribution in [3.63, 3.8) is 0 Å². The van der Waals surface area contributed by atoms with E-state index in [4.69, 9.17) is 4.74 Å². The molecule has 0 fully saturated rings. The Morgan fingerprint density at radius 2 is 1.40 bits per heavy atom. The Balaban J connectivity index is 3.75. The van der Waals surface area contributed by atoms with Gasteiger partial charge in [-0.1, -0.05) is 51.9 Å². The van der Waals surface area contributed by atoms with Crippen LogP contribution in [-0.4, -0.2) is 18.4 Å². The molecule has 1 nitrogen and oxygen atoms in total. The Hall–Kier alpha value is -0.250. The van der Waals surface area contributed by atoms with Gasteiger partial charge in [0.05, 0.1) is 12.2 Å². The maximum absolute atomic E-state index is 12.3. The smallest absolute Gasteiger partial charge is 0.376 e. The van der Waals surface area contributed by atoms with E-state index in [2.05, 4.69) is 6.92 Å². The molecule has 0 bridgehead atoms. The van der Waals surface area contributed by atoms with Crippen molar-refractivity contribution >= 4 is 0 Å². The Morgan fingerprint density at radius 3 is 1.90 bits per heavy atom. The molecule has 0 aliphatic heterocycles. The predicted octanol–water partition coefficient (Wildman–Crippen LogP) is 6.26. The fourth-order valence-corrected chi connectivity index (χ4v) is 2.32. The van der Waals surface area contributed by atoms with Crippen LogP contribution >= 0.6 is 0 Å². The molecule has 0 aromatic carbocycles. The summed E-state index contributed by atoms with van der Waals surface area (Å²) >= 11 is 0. The molecule has 4 heteroatoms. The van der Waals surface area contributed by atoms with Gasteiger partial charge in [-0.2, -0.15) is 13.2 Å². The van der Waals surface area contributed by atoms with E-state index in [1.54, 1.807) is 0 Å². The molecule has 0 heterocycles. The van der Waals surface area contributed by atoms with Gasteiger partial charge in [0.15, 0.2) is 0 Å². The van der Waals surface area contributed by atoms with E-state index in [0.717, 1.165) is 19.3 Å². The molecule has 1 atom stereocenters. The highest BCUT2D eigenvalue weighted by Crippen LogP contribution is 2.25. The summed E-state index contributed by atoms with van der Waals surface area (Å²) < 4.78 is 42.4. The van der Waals surface area contributed by atoms with Gasteiger partial charge in [0, 0.05) is 6.42 Å². The second-order valence-corrected chi connectivity index (χ2v) is 5.87. The van der Waals surface area contributed by atoms with Crippen LogP contribution < -0.4 is 0 Å². The van der Waals surface area contributed by atoms with Crippen molar-refractivity contribution in [2.45, 2.75) is 103 Å². The molecule has 0 aliphatic carbocycles. The minimum atomic E-state index is -4.07. The molecule has 0 radical (unpaired) electrons. The molecule has 0 rings (SSSR count). The largest absolute Gasteiger partial charge is 0.389 e. The van der Waals surface area contributed by atoms with Crippen molar-refractivity contribution in [3.05, 3.63) is 0 Å². The van der Waals surface area contributed by atoms with Crippen molar-refractivity contribution in [2.24, 2.45) is 0 Å². The van der Waals surface area contributed by atoms with Crippen molar-refractivity contribution < 1.29 is 17.9 Å². The average Bonchev–Trinajstić information content (AvgIpc) is 2.33. The summed E-state index contributed by atoms with van der Waals surface area (Å²) in [6, 6.07) is 0. The van der Waals surface area contributed by atoms with Gasteiger partial charge in [-0.05, 0) is 26.7 Å². The zero-order valence-corrected chi connectivity index (χ0v) is 13.3. The lowest BCUT2D eigenvalue weighted by molar-refractivity contribution is -0.144. The van der Waals surface area contributed by atoms with Gasteiger partial charge < -0.3 is 4.74 Å². The van der Waals surface area contributed by atoms with Crippen LogP contribution in [0.15, 0.2) is 0 Å². The zero-order chi connectivity index (χ0) is 15.4. The van der Waals surface area contributed by atoms with E-state index < -0.39 is 12.6 Å². The summed E-state index contributed by atoms with van der Waals surface area (Å²) in [7, 11) is 0. The number of hydrogen-bond acceptors (Lipinski definition) is 1. The monoisotopic (exact) mass is 296 g/mol. The highest BCUT2D eigenvalue weighted by Gasteiger charge is 2.28. The first-order valence-corrected chi connectivity index (χ1v) is 8.07. The average molecular weight is 296 g/mol. The number of rotatable bonds is 12. The minimum Gasteiger partial charge on any atom is -0.376 e. The topological polar surface area (TPSA) is 9.23 Å². The van der Waals surface area contributed by atoms with Crippen LogP contribution in [-0.2, 0) is 4.74 Å². The van der Waals surface area contributed by atoms with Crippen LogP contribution in [0.3, 0.4) is 0 Å². The molecule has 0 saturated carbocycles. The first-order valence-electron chi connectivity index (χ1n) is 8.07. The molecule has 0 N–H and O–H groups in total. The molecule has 1 unspecified atom stereocenters. The molecule has 0 aromatic heterocycles. The number of halogens is 3. The lowest BCUT2D eigenvalue weighted by atomic mass is 10.0. The summed E-state index contributed by atoms with van der Waals surface area (Å²) in [5, 5.41) is 0. The summed E-state index contributed by atoms with van der Waals surface area (Å²) in [6.07, 6.45) is 4.10. The first kappa shape index (κ1) is 19.8. The zero-order valence-electron chi connectivity index (χ0n) is 13.3. The van der Waals surface area contributed by atoms with Crippen molar-refractivity contribution in [2.75, 3.05) is 0 Å². The summed E-state index contributed by atoms with van der Waals surface area (Å²) in [5.41, 5.74) is 0. The summed E-state index contributed by atoms with van der Waals surface area (Å²) in [4.78, 5) is 0. The van der Waals surface area contributed by atoms with Gasteiger partial charge >= 0.3 is 6.18 Å².